The highest BCUT2D eigenvalue weighted by molar-refractivity contribution is 6.30. The van der Waals surface area contributed by atoms with Gasteiger partial charge in [-0.05, 0) is 26.0 Å². The van der Waals surface area contributed by atoms with E-state index in [1.54, 1.807) is 0 Å². The lowest BCUT2D eigenvalue weighted by atomic mass is 10.2. The van der Waals surface area contributed by atoms with Crippen molar-refractivity contribution in [3.8, 4) is 0 Å². The number of aryl methyl sites for hydroxylation is 2. The number of nitrogens with zero attached hydrogens (tertiary/aromatic N) is 1. The van der Waals surface area contributed by atoms with Gasteiger partial charge >= 0.3 is 0 Å². The Hall–Kier alpha value is -1.02. The third-order valence-corrected chi connectivity index (χ3v) is 2.09. The van der Waals surface area contributed by atoms with E-state index in [1.807, 2.05) is 19.9 Å². The van der Waals surface area contributed by atoms with Crippen LogP contribution in [-0.4, -0.2) is 9.97 Å². The quantitative estimate of drug-likeness (QED) is 0.621. The smallest absolute Gasteiger partial charge is 0.130 e. The molecule has 2 aromatic rings. The van der Waals surface area contributed by atoms with Gasteiger partial charge in [-0.2, -0.15) is 0 Å². The van der Waals surface area contributed by atoms with Crippen molar-refractivity contribution in [3.05, 3.63) is 28.7 Å². The Bertz CT molecular complexity index is 431. The number of aromatic amines is 1. The van der Waals surface area contributed by atoms with Crippen LogP contribution in [0.5, 0.6) is 0 Å². The average molecular weight is 181 g/mol. The summed E-state index contributed by atoms with van der Waals surface area (Å²) >= 11 is 5.81. The molecule has 0 aliphatic carbocycles. The van der Waals surface area contributed by atoms with Crippen LogP contribution in [0.2, 0.25) is 5.15 Å². The summed E-state index contributed by atoms with van der Waals surface area (Å²) in [5.41, 5.74) is 3.17. The normalized spacial score (nSPS) is 10.9. The summed E-state index contributed by atoms with van der Waals surface area (Å²) in [5, 5.41) is 1.68. The first-order valence-corrected chi connectivity index (χ1v) is 4.17. The molecule has 0 saturated carbocycles. The standard InChI is InChI=1S/C9H9ClN2/c1-5-3-7-4-8(10)12-6(2)9(7)11-5/h3-4,11H,1-2H3. The molecule has 0 saturated heterocycles. The van der Waals surface area contributed by atoms with Crippen LogP contribution in [0.1, 0.15) is 11.4 Å². The number of hydrogen-bond acceptors (Lipinski definition) is 1. The van der Waals surface area contributed by atoms with Crippen LogP contribution in [0.25, 0.3) is 10.9 Å². The average Bonchev–Trinajstić information content (AvgIpc) is 2.29. The predicted octanol–water partition coefficient (Wildman–Crippen LogP) is 2.83. The maximum Gasteiger partial charge on any atom is 0.130 e. The van der Waals surface area contributed by atoms with Crippen molar-refractivity contribution in [1.82, 2.24) is 9.97 Å². The summed E-state index contributed by atoms with van der Waals surface area (Å²) in [5.74, 6) is 0. The molecule has 1 N–H and O–H groups in total. The second-order valence-corrected chi connectivity index (χ2v) is 3.33. The maximum absolute atomic E-state index is 5.81. The van der Waals surface area contributed by atoms with Gasteiger partial charge in [-0.3, -0.25) is 0 Å². The van der Waals surface area contributed by atoms with Crippen molar-refractivity contribution < 1.29 is 0 Å². The molecule has 2 aromatic heterocycles. The number of pyridine rings is 1. The van der Waals surface area contributed by atoms with E-state index in [4.69, 9.17) is 11.6 Å². The summed E-state index contributed by atoms with van der Waals surface area (Å²) in [4.78, 5) is 7.38. The molecule has 2 nitrogen and oxygen atoms in total. The monoisotopic (exact) mass is 180 g/mol. The van der Waals surface area contributed by atoms with Crippen LogP contribution in [-0.2, 0) is 0 Å². The Kier molecular flexibility index (Phi) is 1.58. The lowest BCUT2D eigenvalue weighted by molar-refractivity contribution is 1.20. The molecule has 0 unspecified atom stereocenters. The number of hydrogen-bond donors (Lipinski definition) is 1. The number of aromatic nitrogens is 2. The topological polar surface area (TPSA) is 28.7 Å². The predicted molar refractivity (Wildman–Crippen MR) is 50.6 cm³/mol. The molecule has 3 heteroatoms. The Morgan fingerprint density at radius 2 is 2.08 bits per heavy atom. The van der Waals surface area contributed by atoms with Crippen molar-refractivity contribution >= 4 is 22.5 Å². The second-order valence-electron chi connectivity index (χ2n) is 2.95. The molecule has 0 atom stereocenters. The highest BCUT2D eigenvalue weighted by atomic mass is 35.5. The molecule has 0 amide bonds. The van der Waals surface area contributed by atoms with E-state index in [0.29, 0.717) is 5.15 Å². The van der Waals surface area contributed by atoms with Crippen LogP contribution in [0.3, 0.4) is 0 Å². The van der Waals surface area contributed by atoms with E-state index in [-0.39, 0.29) is 0 Å². The Morgan fingerprint density at radius 3 is 2.83 bits per heavy atom. The van der Waals surface area contributed by atoms with Gasteiger partial charge in [-0.25, -0.2) is 4.98 Å². The van der Waals surface area contributed by atoms with Crippen molar-refractivity contribution in [3.63, 3.8) is 0 Å². The highest BCUT2D eigenvalue weighted by Gasteiger charge is 2.02. The lowest BCUT2D eigenvalue weighted by Gasteiger charge is -1.95. The van der Waals surface area contributed by atoms with Crippen LogP contribution in [0.15, 0.2) is 12.1 Å². The van der Waals surface area contributed by atoms with Gasteiger partial charge in [0, 0.05) is 11.1 Å². The van der Waals surface area contributed by atoms with E-state index in [0.717, 1.165) is 22.3 Å². The molecular weight excluding hydrogens is 172 g/mol. The fraction of sp³-hybridized carbons (Fsp3) is 0.222. The minimum absolute atomic E-state index is 0.555. The molecule has 2 heterocycles. The summed E-state index contributed by atoms with van der Waals surface area (Å²) in [6.45, 7) is 3.97. The minimum atomic E-state index is 0.555. The SMILES string of the molecule is Cc1cc2cc(Cl)nc(C)c2[nH]1. The second kappa shape index (κ2) is 2.49. The largest absolute Gasteiger partial charge is 0.357 e. The molecule has 0 fully saturated rings. The first-order valence-electron chi connectivity index (χ1n) is 3.79. The summed E-state index contributed by atoms with van der Waals surface area (Å²) in [7, 11) is 0. The first kappa shape index (κ1) is 7.62. The van der Waals surface area contributed by atoms with Gasteiger partial charge in [0.15, 0.2) is 0 Å². The zero-order valence-corrected chi connectivity index (χ0v) is 7.74. The van der Waals surface area contributed by atoms with E-state index in [9.17, 15) is 0 Å². The van der Waals surface area contributed by atoms with Crippen LogP contribution in [0, 0.1) is 13.8 Å². The van der Waals surface area contributed by atoms with Crippen molar-refractivity contribution in [2.75, 3.05) is 0 Å². The molecular formula is C9H9ClN2. The van der Waals surface area contributed by atoms with Gasteiger partial charge in [0.25, 0.3) is 0 Å². The molecule has 0 aliphatic heterocycles. The zero-order chi connectivity index (χ0) is 8.72. The molecule has 2 rings (SSSR count). The van der Waals surface area contributed by atoms with Crippen LogP contribution < -0.4 is 0 Å². The van der Waals surface area contributed by atoms with E-state index in [1.165, 1.54) is 0 Å². The molecule has 0 bridgehead atoms. The van der Waals surface area contributed by atoms with Gasteiger partial charge in [0.1, 0.15) is 5.15 Å². The van der Waals surface area contributed by atoms with Crippen LogP contribution >= 0.6 is 11.6 Å². The number of halogens is 1. The Labute approximate surface area is 75.6 Å². The highest BCUT2D eigenvalue weighted by Crippen LogP contribution is 2.20. The van der Waals surface area contributed by atoms with Gasteiger partial charge in [0.2, 0.25) is 0 Å². The number of rotatable bonds is 0. The fourth-order valence-corrected chi connectivity index (χ4v) is 1.65. The molecule has 62 valence electrons. The zero-order valence-electron chi connectivity index (χ0n) is 6.98. The first-order chi connectivity index (χ1) is 5.66. The van der Waals surface area contributed by atoms with Crippen molar-refractivity contribution in [1.29, 1.82) is 0 Å². The van der Waals surface area contributed by atoms with Gasteiger partial charge in [-0.15, -0.1) is 0 Å². The third kappa shape index (κ3) is 1.08. The summed E-state index contributed by atoms with van der Waals surface area (Å²) in [6, 6.07) is 3.93. The van der Waals surface area contributed by atoms with Crippen LogP contribution in [0.4, 0.5) is 0 Å². The molecule has 0 aromatic carbocycles. The number of fused-ring (bicyclic) bond motifs is 1. The Morgan fingerprint density at radius 1 is 1.33 bits per heavy atom. The van der Waals surface area contributed by atoms with E-state index >= 15 is 0 Å². The van der Waals surface area contributed by atoms with Gasteiger partial charge < -0.3 is 4.98 Å². The molecule has 0 radical (unpaired) electrons. The molecule has 0 aliphatic rings. The molecule has 12 heavy (non-hydrogen) atoms. The van der Waals surface area contributed by atoms with Crippen molar-refractivity contribution in [2.24, 2.45) is 0 Å². The van der Waals surface area contributed by atoms with E-state index in [2.05, 4.69) is 16.0 Å². The number of H-pyrrole nitrogens is 1. The minimum Gasteiger partial charge on any atom is -0.357 e. The third-order valence-electron chi connectivity index (χ3n) is 1.89. The fourth-order valence-electron chi connectivity index (χ4n) is 1.40. The molecule has 0 spiro atoms. The summed E-state index contributed by atoms with van der Waals surface area (Å²) in [6.07, 6.45) is 0. The lowest BCUT2D eigenvalue weighted by Crippen LogP contribution is -1.83. The van der Waals surface area contributed by atoms with Crippen molar-refractivity contribution in [2.45, 2.75) is 13.8 Å². The Balaban J connectivity index is 2.88. The number of nitrogens with one attached hydrogen (secondary N) is 1. The van der Waals surface area contributed by atoms with Gasteiger partial charge in [0.05, 0.1) is 11.2 Å². The van der Waals surface area contributed by atoms with E-state index < -0.39 is 0 Å². The maximum atomic E-state index is 5.81. The summed E-state index contributed by atoms with van der Waals surface area (Å²) < 4.78 is 0. The van der Waals surface area contributed by atoms with Gasteiger partial charge in [-0.1, -0.05) is 11.6 Å².